The zero-order valence-corrected chi connectivity index (χ0v) is 16.7. The van der Waals surface area contributed by atoms with Crippen LogP contribution >= 0.6 is 0 Å². The summed E-state index contributed by atoms with van der Waals surface area (Å²) in [5.41, 5.74) is 2.58. The Labute approximate surface area is 165 Å². The zero-order chi connectivity index (χ0) is 19.8. The lowest BCUT2D eigenvalue weighted by molar-refractivity contribution is 0.577. The summed E-state index contributed by atoms with van der Waals surface area (Å²) >= 11 is 0. The molecule has 0 radical (unpaired) electrons. The number of H-pyrrole nitrogens is 1. The number of aryl methyl sites for hydroxylation is 1. The van der Waals surface area contributed by atoms with E-state index in [0.29, 0.717) is 24.6 Å². The van der Waals surface area contributed by atoms with Gasteiger partial charge in [0.25, 0.3) is 0 Å². The smallest absolute Gasteiger partial charge is 0.216 e. The molecule has 2 aromatic heterocycles. The molecular weight excluding hydrogens is 352 g/mol. The number of aromatic nitrogens is 3. The Kier molecular flexibility index (Phi) is 6.84. The number of hydrogen-bond donors (Lipinski definition) is 3. The molecule has 1 atom stereocenters. The molecule has 2 heterocycles. The fraction of sp³-hybridized carbons (Fsp3) is 0.381. The van der Waals surface area contributed by atoms with Crippen LogP contribution in [0.15, 0.2) is 52.1 Å². The summed E-state index contributed by atoms with van der Waals surface area (Å²) in [4.78, 5) is 9.11. The van der Waals surface area contributed by atoms with E-state index < -0.39 is 0 Å². The number of aliphatic imine (C=N–C) groups is 1. The number of nitrogens with zero attached hydrogens (tertiary/aromatic N) is 3. The molecule has 28 heavy (non-hydrogen) atoms. The van der Waals surface area contributed by atoms with Gasteiger partial charge in [-0.1, -0.05) is 31.2 Å². The summed E-state index contributed by atoms with van der Waals surface area (Å²) in [6.45, 7) is 7.77. The minimum absolute atomic E-state index is 0.166. The van der Waals surface area contributed by atoms with E-state index in [2.05, 4.69) is 75.8 Å². The van der Waals surface area contributed by atoms with Gasteiger partial charge in [0, 0.05) is 19.5 Å². The van der Waals surface area contributed by atoms with Crippen LogP contribution in [0.1, 0.15) is 43.8 Å². The number of hydrogen-bond acceptors (Lipinski definition) is 4. The lowest BCUT2D eigenvalue weighted by Gasteiger charge is -2.18. The van der Waals surface area contributed by atoms with Crippen molar-refractivity contribution in [2.75, 3.05) is 13.1 Å². The Morgan fingerprint density at radius 3 is 2.71 bits per heavy atom. The molecular formula is C21H28N6O. The Morgan fingerprint density at radius 1 is 1.21 bits per heavy atom. The number of nitrogens with one attached hydrogen (secondary N) is 3. The van der Waals surface area contributed by atoms with Crippen molar-refractivity contribution in [1.29, 1.82) is 0 Å². The molecule has 0 saturated heterocycles. The largest absolute Gasteiger partial charge is 0.461 e. The van der Waals surface area contributed by atoms with Crippen molar-refractivity contribution in [1.82, 2.24) is 25.8 Å². The fourth-order valence-corrected chi connectivity index (χ4v) is 2.85. The van der Waals surface area contributed by atoms with E-state index in [4.69, 9.17) is 4.42 Å². The maximum Gasteiger partial charge on any atom is 0.216 e. The number of aromatic amines is 1. The summed E-state index contributed by atoms with van der Waals surface area (Å²) in [7, 11) is 0. The standard InChI is InChI=1S/C21H28N6O/c1-4-16-8-10-17(11-9-16)15(3)24-21(22-5-2)23-13-12-19-25-20(27-26-19)18-7-6-14-28-18/h6-11,14-15H,4-5,12-13H2,1-3H3,(H2,22,23,24)(H,25,26,27). The van der Waals surface area contributed by atoms with Gasteiger partial charge in [-0.25, -0.2) is 4.98 Å². The van der Waals surface area contributed by atoms with Crippen LogP contribution in [0.4, 0.5) is 0 Å². The van der Waals surface area contributed by atoms with Gasteiger partial charge in [-0.3, -0.25) is 10.1 Å². The molecule has 0 aliphatic carbocycles. The van der Waals surface area contributed by atoms with E-state index in [9.17, 15) is 0 Å². The van der Waals surface area contributed by atoms with Crippen molar-refractivity contribution in [3.8, 4) is 11.6 Å². The second-order valence-corrected chi connectivity index (χ2v) is 6.55. The molecule has 7 nitrogen and oxygen atoms in total. The Balaban J connectivity index is 1.57. The molecule has 3 rings (SSSR count). The Bertz CT molecular complexity index is 867. The first kappa shape index (κ1) is 19.7. The van der Waals surface area contributed by atoms with Gasteiger partial charge in [0.05, 0.1) is 12.3 Å². The van der Waals surface area contributed by atoms with Crippen molar-refractivity contribution in [3.05, 3.63) is 59.6 Å². The maximum atomic E-state index is 5.32. The van der Waals surface area contributed by atoms with Gasteiger partial charge in [-0.2, -0.15) is 5.10 Å². The summed E-state index contributed by atoms with van der Waals surface area (Å²) in [5.74, 6) is 2.80. The second kappa shape index (κ2) is 9.73. The zero-order valence-electron chi connectivity index (χ0n) is 16.7. The maximum absolute atomic E-state index is 5.32. The second-order valence-electron chi connectivity index (χ2n) is 6.55. The third kappa shape index (κ3) is 5.22. The quantitative estimate of drug-likeness (QED) is 0.411. The molecule has 3 aromatic rings. The average Bonchev–Trinajstić information content (AvgIpc) is 3.40. The number of guanidine groups is 1. The van der Waals surface area contributed by atoms with Crippen LogP contribution in [0.25, 0.3) is 11.6 Å². The van der Waals surface area contributed by atoms with E-state index in [-0.39, 0.29) is 6.04 Å². The minimum atomic E-state index is 0.166. The lowest BCUT2D eigenvalue weighted by atomic mass is 10.1. The normalized spacial score (nSPS) is 12.8. The topological polar surface area (TPSA) is 91.1 Å². The first-order valence-corrected chi connectivity index (χ1v) is 9.78. The van der Waals surface area contributed by atoms with Crippen LogP contribution in [0.3, 0.4) is 0 Å². The third-order valence-electron chi connectivity index (χ3n) is 4.48. The molecule has 148 valence electrons. The molecule has 1 aromatic carbocycles. The molecule has 1 unspecified atom stereocenters. The van der Waals surface area contributed by atoms with Crippen molar-refractivity contribution in [2.24, 2.45) is 4.99 Å². The first-order chi connectivity index (χ1) is 13.7. The van der Waals surface area contributed by atoms with Crippen molar-refractivity contribution >= 4 is 5.96 Å². The highest BCUT2D eigenvalue weighted by molar-refractivity contribution is 5.80. The van der Waals surface area contributed by atoms with Gasteiger partial charge in [0.15, 0.2) is 11.7 Å². The highest BCUT2D eigenvalue weighted by atomic mass is 16.3. The van der Waals surface area contributed by atoms with Crippen LogP contribution in [-0.2, 0) is 12.8 Å². The lowest BCUT2D eigenvalue weighted by Crippen LogP contribution is -2.38. The van der Waals surface area contributed by atoms with Gasteiger partial charge < -0.3 is 15.1 Å². The van der Waals surface area contributed by atoms with Crippen LogP contribution in [-0.4, -0.2) is 34.2 Å². The summed E-state index contributed by atoms with van der Waals surface area (Å²) in [6, 6.07) is 12.5. The number of rotatable bonds is 8. The third-order valence-corrected chi connectivity index (χ3v) is 4.48. The number of furan rings is 1. The van der Waals surface area contributed by atoms with Crippen molar-refractivity contribution in [3.63, 3.8) is 0 Å². The van der Waals surface area contributed by atoms with Crippen LogP contribution in [0.2, 0.25) is 0 Å². The van der Waals surface area contributed by atoms with Gasteiger partial charge >= 0.3 is 0 Å². The predicted molar refractivity (Wildman–Crippen MR) is 111 cm³/mol. The highest BCUT2D eigenvalue weighted by Crippen LogP contribution is 2.15. The summed E-state index contributed by atoms with van der Waals surface area (Å²) in [5, 5.41) is 13.9. The number of benzene rings is 1. The molecule has 0 aliphatic rings. The van der Waals surface area contributed by atoms with Crippen LogP contribution in [0.5, 0.6) is 0 Å². The van der Waals surface area contributed by atoms with Crippen LogP contribution in [0, 0.1) is 0 Å². The van der Waals surface area contributed by atoms with E-state index in [1.54, 1.807) is 6.26 Å². The van der Waals surface area contributed by atoms with Gasteiger partial charge in [0.2, 0.25) is 5.82 Å². The monoisotopic (exact) mass is 380 g/mol. The molecule has 0 aliphatic heterocycles. The van der Waals surface area contributed by atoms with E-state index in [1.165, 1.54) is 11.1 Å². The van der Waals surface area contributed by atoms with Crippen LogP contribution < -0.4 is 10.6 Å². The Morgan fingerprint density at radius 2 is 2.04 bits per heavy atom. The van der Waals surface area contributed by atoms with Crippen molar-refractivity contribution < 1.29 is 4.42 Å². The van der Waals surface area contributed by atoms with E-state index >= 15 is 0 Å². The van der Waals surface area contributed by atoms with Gasteiger partial charge in [-0.15, -0.1) is 0 Å². The fourth-order valence-electron chi connectivity index (χ4n) is 2.85. The van der Waals surface area contributed by atoms with Crippen molar-refractivity contribution in [2.45, 2.75) is 39.7 Å². The van der Waals surface area contributed by atoms with Gasteiger partial charge in [-0.05, 0) is 43.5 Å². The first-order valence-electron chi connectivity index (χ1n) is 9.78. The Hall–Kier alpha value is -3.09. The highest BCUT2D eigenvalue weighted by Gasteiger charge is 2.09. The molecule has 7 heteroatoms. The average molecular weight is 380 g/mol. The molecule has 0 amide bonds. The van der Waals surface area contributed by atoms with E-state index in [0.717, 1.165) is 24.7 Å². The SMILES string of the molecule is CCNC(=NCCc1nc(-c2ccco2)n[nH]1)NC(C)c1ccc(CC)cc1. The van der Waals surface area contributed by atoms with E-state index in [1.807, 2.05) is 12.1 Å². The molecule has 0 bridgehead atoms. The molecule has 0 saturated carbocycles. The minimum Gasteiger partial charge on any atom is -0.461 e. The molecule has 3 N–H and O–H groups in total. The van der Waals surface area contributed by atoms with Gasteiger partial charge in [0.1, 0.15) is 5.82 Å². The predicted octanol–water partition coefficient (Wildman–Crippen LogP) is 3.49. The summed E-state index contributed by atoms with van der Waals surface area (Å²) in [6.07, 6.45) is 3.33. The molecule has 0 fully saturated rings. The molecule has 0 spiro atoms. The summed E-state index contributed by atoms with van der Waals surface area (Å²) < 4.78 is 5.32.